The van der Waals surface area contributed by atoms with Gasteiger partial charge in [0.1, 0.15) is 12.4 Å². The first-order chi connectivity index (χ1) is 11.1. The molecule has 0 aromatic heterocycles. The van der Waals surface area contributed by atoms with Crippen LogP contribution in [0.15, 0.2) is 28.2 Å². The Kier molecular flexibility index (Phi) is 5.38. The van der Waals surface area contributed by atoms with Crippen LogP contribution in [0.4, 0.5) is 0 Å². The van der Waals surface area contributed by atoms with Crippen LogP contribution in [0.1, 0.15) is 37.7 Å². The summed E-state index contributed by atoms with van der Waals surface area (Å²) in [5.74, 6) is 1.20. The SMILES string of the molecule is NC(=O)CC1CCCC(NCC2=Cc3cc(Br)ccc3OC2)C1. The summed E-state index contributed by atoms with van der Waals surface area (Å²) >= 11 is 3.50. The quantitative estimate of drug-likeness (QED) is 0.826. The first-order valence-electron chi connectivity index (χ1n) is 8.23. The zero-order valence-electron chi connectivity index (χ0n) is 13.2. The molecule has 23 heavy (non-hydrogen) atoms. The number of halogens is 1. The van der Waals surface area contributed by atoms with Gasteiger partial charge in [0.2, 0.25) is 5.91 Å². The van der Waals surface area contributed by atoms with Crippen molar-refractivity contribution in [2.24, 2.45) is 11.7 Å². The van der Waals surface area contributed by atoms with Crippen molar-refractivity contribution in [3.63, 3.8) is 0 Å². The second-order valence-corrected chi connectivity index (χ2v) is 7.47. The molecule has 1 fully saturated rings. The molecule has 2 atom stereocenters. The number of hydrogen-bond acceptors (Lipinski definition) is 3. The molecule has 0 bridgehead atoms. The molecule has 3 rings (SSSR count). The molecule has 0 spiro atoms. The van der Waals surface area contributed by atoms with E-state index in [1.807, 2.05) is 12.1 Å². The summed E-state index contributed by atoms with van der Waals surface area (Å²) < 4.78 is 6.88. The van der Waals surface area contributed by atoms with Gasteiger partial charge < -0.3 is 15.8 Å². The van der Waals surface area contributed by atoms with Gasteiger partial charge in [-0.05, 0) is 55.0 Å². The van der Waals surface area contributed by atoms with Crippen LogP contribution in [0, 0.1) is 5.92 Å². The average Bonchev–Trinajstić information content (AvgIpc) is 2.52. The Hall–Kier alpha value is -1.33. The van der Waals surface area contributed by atoms with E-state index in [9.17, 15) is 4.79 Å². The normalized spacial score (nSPS) is 23.6. The minimum atomic E-state index is -0.179. The number of benzene rings is 1. The lowest BCUT2D eigenvalue weighted by Gasteiger charge is -2.30. The number of nitrogens with two attached hydrogens (primary N) is 1. The van der Waals surface area contributed by atoms with Crippen molar-refractivity contribution in [1.29, 1.82) is 0 Å². The Morgan fingerprint density at radius 3 is 3.09 bits per heavy atom. The van der Waals surface area contributed by atoms with Gasteiger partial charge in [0.25, 0.3) is 0 Å². The van der Waals surface area contributed by atoms with Crippen LogP contribution in [-0.2, 0) is 4.79 Å². The van der Waals surface area contributed by atoms with Gasteiger partial charge in [-0.1, -0.05) is 22.4 Å². The maximum Gasteiger partial charge on any atom is 0.217 e. The van der Waals surface area contributed by atoms with E-state index in [1.165, 1.54) is 18.4 Å². The third kappa shape index (κ3) is 4.58. The third-order valence-electron chi connectivity index (χ3n) is 4.63. The predicted molar refractivity (Wildman–Crippen MR) is 95.2 cm³/mol. The summed E-state index contributed by atoms with van der Waals surface area (Å²) in [6, 6.07) is 6.54. The average molecular weight is 379 g/mol. The van der Waals surface area contributed by atoms with Gasteiger partial charge in [-0.2, -0.15) is 0 Å². The number of primary amides is 1. The number of ether oxygens (including phenoxy) is 1. The first-order valence-corrected chi connectivity index (χ1v) is 9.03. The highest BCUT2D eigenvalue weighted by molar-refractivity contribution is 9.10. The Morgan fingerprint density at radius 1 is 1.39 bits per heavy atom. The standard InChI is InChI=1S/C18H23BrN2O2/c19-15-4-5-17-14(9-15)6-13(11-23-17)10-21-16-3-1-2-12(7-16)8-18(20)22/h4-6,9,12,16,21H,1-3,7-8,10-11H2,(H2,20,22). The molecule has 124 valence electrons. The van der Waals surface area contributed by atoms with E-state index in [-0.39, 0.29) is 5.91 Å². The molecule has 4 nitrogen and oxygen atoms in total. The number of rotatable bonds is 5. The van der Waals surface area contributed by atoms with Crippen molar-refractivity contribution in [1.82, 2.24) is 5.32 Å². The maximum atomic E-state index is 11.1. The fourth-order valence-electron chi connectivity index (χ4n) is 3.52. The number of amides is 1. The van der Waals surface area contributed by atoms with Gasteiger partial charge in [0.05, 0.1) is 0 Å². The van der Waals surface area contributed by atoms with Gasteiger partial charge in [0.15, 0.2) is 0 Å². The highest BCUT2D eigenvalue weighted by Gasteiger charge is 2.23. The van der Waals surface area contributed by atoms with E-state index in [1.54, 1.807) is 0 Å². The van der Waals surface area contributed by atoms with Crippen LogP contribution >= 0.6 is 15.9 Å². The van der Waals surface area contributed by atoms with E-state index < -0.39 is 0 Å². The molecular formula is C18H23BrN2O2. The summed E-state index contributed by atoms with van der Waals surface area (Å²) in [6.45, 7) is 1.47. The van der Waals surface area contributed by atoms with E-state index in [0.29, 0.717) is 25.0 Å². The molecule has 1 aliphatic carbocycles. The Bertz CT molecular complexity index is 615. The molecule has 1 aromatic rings. The summed E-state index contributed by atoms with van der Waals surface area (Å²) in [5, 5.41) is 3.63. The van der Waals surface area contributed by atoms with Crippen molar-refractivity contribution in [2.45, 2.75) is 38.1 Å². The van der Waals surface area contributed by atoms with Gasteiger partial charge in [0, 0.05) is 29.0 Å². The molecule has 1 saturated carbocycles. The second kappa shape index (κ2) is 7.49. The lowest BCUT2D eigenvalue weighted by Crippen LogP contribution is -2.37. The molecule has 0 radical (unpaired) electrons. The molecule has 5 heteroatoms. The molecular weight excluding hydrogens is 356 g/mol. The molecule has 1 amide bonds. The summed E-state index contributed by atoms with van der Waals surface area (Å²) in [5.41, 5.74) is 7.71. The minimum absolute atomic E-state index is 0.179. The second-order valence-electron chi connectivity index (χ2n) is 6.55. The van der Waals surface area contributed by atoms with Crippen molar-refractivity contribution in [3.8, 4) is 5.75 Å². The lowest BCUT2D eigenvalue weighted by atomic mass is 9.83. The van der Waals surface area contributed by atoms with Gasteiger partial charge in [-0.3, -0.25) is 4.79 Å². The van der Waals surface area contributed by atoms with E-state index in [4.69, 9.17) is 10.5 Å². The number of fused-ring (bicyclic) bond motifs is 1. The predicted octanol–water partition coefficient (Wildman–Crippen LogP) is 3.25. The molecule has 2 unspecified atom stereocenters. The number of carbonyl (C=O) groups excluding carboxylic acids is 1. The largest absolute Gasteiger partial charge is 0.489 e. The van der Waals surface area contributed by atoms with Crippen LogP contribution in [-0.4, -0.2) is 25.1 Å². The minimum Gasteiger partial charge on any atom is -0.489 e. The molecule has 2 aliphatic rings. The monoisotopic (exact) mass is 378 g/mol. The van der Waals surface area contributed by atoms with Crippen LogP contribution in [0.2, 0.25) is 0 Å². The summed E-state index contributed by atoms with van der Waals surface area (Å²) in [7, 11) is 0. The third-order valence-corrected chi connectivity index (χ3v) is 5.13. The van der Waals surface area contributed by atoms with E-state index >= 15 is 0 Å². The van der Waals surface area contributed by atoms with Crippen LogP contribution in [0.5, 0.6) is 5.75 Å². The molecule has 1 aromatic carbocycles. The summed E-state index contributed by atoms with van der Waals surface area (Å²) in [6.07, 6.45) is 7.23. The number of carbonyl (C=O) groups is 1. The lowest BCUT2D eigenvalue weighted by molar-refractivity contribution is -0.119. The zero-order chi connectivity index (χ0) is 16.2. The fraction of sp³-hybridized carbons (Fsp3) is 0.500. The van der Waals surface area contributed by atoms with Crippen molar-refractivity contribution >= 4 is 27.9 Å². The van der Waals surface area contributed by atoms with Crippen molar-refractivity contribution in [3.05, 3.63) is 33.8 Å². The molecule has 3 N–H and O–H groups in total. The number of nitrogens with one attached hydrogen (secondary N) is 1. The van der Waals surface area contributed by atoms with Crippen molar-refractivity contribution in [2.75, 3.05) is 13.2 Å². The zero-order valence-corrected chi connectivity index (χ0v) is 14.8. The molecule has 0 saturated heterocycles. The number of hydrogen-bond donors (Lipinski definition) is 2. The molecule has 1 aliphatic heterocycles. The Labute approximate surface area is 145 Å². The van der Waals surface area contributed by atoms with Crippen LogP contribution < -0.4 is 15.8 Å². The van der Waals surface area contributed by atoms with Crippen LogP contribution in [0.25, 0.3) is 6.08 Å². The Balaban J connectivity index is 1.55. The maximum absolute atomic E-state index is 11.1. The van der Waals surface area contributed by atoms with Crippen molar-refractivity contribution < 1.29 is 9.53 Å². The highest BCUT2D eigenvalue weighted by atomic mass is 79.9. The van der Waals surface area contributed by atoms with Gasteiger partial charge in [-0.15, -0.1) is 0 Å². The van der Waals surface area contributed by atoms with Gasteiger partial charge in [-0.25, -0.2) is 0 Å². The van der Waals surface area contributed by atoms with Gasteiger partial charge >= 0.3 is 0 Å². The fourth-order valence-corrected chi connectivity index (χ4v) is 3.90. The van der Waals surface area contributed by atoms with E-state index in [0.717, 1.165) is 35.2 Å². The molecule has 1 heterocycles. The van der Waals surface area contributed by atoms with Crippen LogP contribution in [0.3, 0.4) is 0 Å². The van der Waals surface area contributed by atoms with E-state index in [2.05, 4.69) is 33.4 Å². The topological polar surface area (TPSA) is 64.4 Å². The highest BCUT2D eigenvalue weighted by Crippen LogP contribution is 2.30. The summed E-state index contributed by atoms with van der Waals surface area (Å²) in [4.78, 5) is 11.1. The first kappa shape index (κ1) is 16.5. The smallest absolute Gasteiger partial charge is 0.217 e. The Morgan fingerprint density at radius 2 is 2.26 bits per heavy atom.